The maximum absolute atomic E-state index is 9.33. The third kappa shape index (κ3) is 1.89. The highest BCUT2D eigenvalue weighted by Gasteiger charge is 2.49. The maximum Gasteiger partial charge on any atom is 0.103 e. The van der Waals surface area contributed by atoms with Gasteiger partial charge in [0, 0.05) is 0 Å². The Hall–Kier alpha value is -0.550. The highest BCUT2D eigenvalue weighted by Crippen LogP contribution is 2.58. The van der Waals surface area contributed by atoms with Crippen LogP contribution in [-0.4, -0.2) is 12.6 Å². The maximum atomic E-state index is 9.33. The summed E-state index contributed by atoms with van der Waals surface area (Å²) in [7, 11) is 1.93. The molecule has 2 heteroatoms. The van der Waals surface area contributed by atoms with E-state index in [9.17, 15) is 5.26 Å². The third-order valence-electron chi connectivity index (χ3n) is 5.86. The van der Waals surface area contributed by atoms with E-state index in [0.29, 0.717) is 0 Å². The summed E-state index contributed by atoms with van der Waals surface area (Å²) in [5, 5.41) is 12.6. The first kappa shape index (κ1) is 11.5. The van der Waals surface area contributed by atoms with Gasteiger partial charge in [0.15, 0.2) is 0 Å². The van der Waals surface area contributed by atoms with Crippen LogP contribution in [-0.2, 0) is 0 Å². The molecule has 0 radical (unpaired) electrons. The van der Waals surface area contributed by atoms with Gasteiger partial charge in [0.25, 0.3) is 0 Å². The fourth-order valence-corrected chi connectivity index (χ4v) is 5.05. The Morgan fingerprint density at radius 3 is 2.06 bits per heavy atom. The lowest BCUT2D eigenvalue weighted by Gasteiger charge is -2.55. The van der Waals surface area contributed by atoms with Crippen LogP contribution in [0.3, 0.4) is 0 Å². The minimum Gasteiger partial charge on any atom is -0.303 e. The first-order valence-electron chi connectivity index (χ1n) is 7.23. The van der Waals surface area contributed by atoms with E-state index in [2.05, 4.69) is 18.3 Å². The Bertz CT molecular complexity index is 315. The Kier molecular flexibility index (Phi) is 2.70. The summed E-state index contributed by atoms with van der Waals surface area (Å²) in [5.41, 5.74) is -0.306. The van der Waals surface area contributed by atoms with Crippen molar-refractivity contribution >= 4 is 0 Å². The molecule has 0 aromatic carbocycles. The molecule has 0 heterocycles. The smallest absolute Gasteiger partial charge is 0.103 e. The molecule has 1 N–H and O–H groups in total. The fourth-order valence-electron chi connectivity index (χ4n) is 5.05. The molecule has 4 aliphatic rings. The van der Waals surface area contributed by atoms with Crippen molar-refractivity contribution in [3.8, 4) is 6.07 Å². The predicted molar refractivity (Wildman–Crippen MR) is 68.2 cm³/mol. The van der Waals surface area contributed by atoms with Crippen molar-refractivity contribution in [3.63, 3.8) is 0 Å². The monoisotopic (exact) mass is 232 g/mol. The molecule has 0 saturated heterocycles. The van der Waals surface area contributed by atoms with E-state index in [1.54, 1.807) is 0 Å². The average molecular weight is 232 g/mol. The van der Waals surface area contributed by atoms with E-state index in [1.807, 2.05) is 7.05 Å². The molecular formula is C15H24N2. The number of nitriles is 1. The van der Waals surface area contributed by atoms with Crippen molar-refractivity contribution in [3.05, 3.63) is 0 Å². The molecule has 4 saturated carbocycles. The van der Waals surface area contributed by atoms with E-state index in [-0.39, 0.29) is 5.54 Å². The minimum atomic E-state index is -0.306. The van der Waals surface area contributed by atoms with Gasteiger partial charge in [-0.25, -0.2) is 0 Å². The molecule has 0 amide bonds. The molecule has 0 aliphatic heterocycles. The van der Waals surface area contributed by atoms with Gasteiger partial charge in [-0.1, -0.05) is 0 Å². The van der Waals surface area contributed by atoms with Gasteiger partial charge in [0.05, 0.1) is 6.07 Å². The van der Waals surface area contributed by atoms with Crippen LogP contribution in [0.2, 0.25) is 0 Å². The summed E-state index contributed by atoms with van der Waals surface area (Å²) in [6, 6.07) is 2.48. The SMILES string of the molecule is CNC(C)(C#N)CC1C2CC3CC(C2)CC1C3. The molecule has 17 heavy (non-hydrogen) atoms. The Morgan fingerprint density at radius 1 is 1.12 bits per heavy atom. The molecule has 4 rings (SSSR count). The van der Waals surface area contributed by atoms with Gasteiger partial charge in [-0.3, -0.25) is 0 Å². The molecule has 1 unspecified atom stereocenters. The average Bonchev–Trinajstić information content (AvgIpc) is 2.33. The lowest BCUT2D eigenvalue weighted by atomic mass is 9.50. The highest BCUT2D eigenvalue weighted by molar-refractivity contribution is 5.08. The standard InChI is InChI=1S/C15H24N2/c1-15(9-16,17-2)8-14-12-4-10-3-11(6-12)7-13(14)5-10/h10-14,17H,3-8H2,1-2H3. The fraction of sp³-hybridized carbons (Fsp3) is 0.933. The zero-order valence-corrected chi connectivity index (χ0v) is 11.1. The zero-order valence-electron chi connectivity index (χ0n) is 11.1. The Balaban J connectivity index is 1.74. The van der Waals surface area contributed by atoms with Crippen LogP contribution in [0.4, 0.5) is 0 Å². The van der Waals surface area contributed by atoms with Crippen molar-refractivity contribution in [1.29, 1.82) is 5.26 Å². The summed E-state index contributed by atoms with van der Waals surface area (Å²) in [6.45, 7) is 2.07. The topological polar surface area (TPSA) is 35.8 Å². The first-order valence-corrected chi connectivity index (χ1v) is 7.23. The lowest BCUT2D eigenvalue weighted by Crippen LogP contribution is -2.50. The number of hydrogen-bond donors (Lipinski definition) is 1. The molecule has 4 bridgehead atoms. The second kappa shape index (κ2) is 3.99. The second-order valence-electron chi connectivity index (χ2n) is 6.99. The van der Waals surface area contributed by atoms with Crippen LogP contribution >= 0.6 is 0 Å². The molecule has 4 aliphatic carbocycles. The van der Waals surface area contributed by atoms with Gasteiger partial charge in [0.2, 0.25) is 0 Å². The Morgan fingerprint density at radius 2 is 1.65 bits per heavy atom. The zero-order chi connectivity index (χ0) is 12.0. The van der Waals surface area contributed by atoms with Crippen LogP contribution < -0.4 is 5.32 Å². The molecule has 4 fully saturated rings. The molecule has 0 aromatic heterocycles. The largest absolute Gasteiger partial charge is 0.303 e. The number of nitrogens with one attached hydrogen (secondary N) is 1. The van der Waals surface area contributed by atoms with Crippen LogP contribution in [0.25, 0.3) is 0 Å². The summed E-state index contributed by atoms with van der Waals surface area (Å²) < 4.78 is 0. The van der Waals surface area contributed by atoms with Crippen molar-refractivity contribution in [1.82, 2.24) is 5.32 Å². The number of nitrogens with zero attached hydrogens (tertiary/aromatic N) is 1. The third-order valence-corrected chi connectivity index (χ3v) is 5.86. The van der Waals surface area contributed by atoms with E-state index in [1.165, 1.54) is 32.1 Å². The van der Waals surface area contributed by atoms with Gasteiger partial charge in [0.1, 0.15) is 5.54 Å². The summed E-state index contributed by atoms with van der Waals surface area (Å²) in [4.78, 5) is 0. The lowest BCUT2D eigenvalue weighted by molar-refractivity contribution is -0.0456. The predicted octanol–water partition coefficient (Wildman–Crippen LogP) is 2.95. The quantitative estimate of drug-likeness (QED) is 0.812. The van der Waals surface area contributed by atoms with Crippen LogP contribution in [0.15, 0.2) is 0 Å². The van der Waals surface area contributed by atoms with E-state index in [0.717, 1.165) is 36.0 Å². The van der Waals surface area contributed by atoms with Crippen LogP contribution in [0, 0.1) is 40.9 Å². The van der Waals surface area contributed by atoms with Crippen LogP contribution in [0.5, 0.6) is 0 Å². The van der Waals surface area contributed by atoms with Crippen molar-refractivity contribution in [2.75, 3.05) is 7.05 Å². The summed E-state index contributed by atoms with van der Waals surface area (Å²) in [6.07, 6.45) is 8.42. The number of hydrogen-bond acceptors (Lipinski definition) is 2. The summed E-state index contributed by atoms with van der Waals surface area (Å²) in [5.74, 6) is 4.77. The van der Waals surface area contributed by atoms with Gasteiger partial charge in [-0.15, -0.1) is 0 Å². The van der Waals surface area contributed by atoms with Crippen molar-refractivity contribution in [2.24, 2.45) is 29.6 Å². The number of rotatable bonds is 3. The van der Waals surface area contributed by atoms with Crippen LogP contribution in [0.1, 0.15) is 45.4 Å². The van der Waals surface area contributed by atoms with E-state index in [4.69, 9.17) is 0 Å². The second-order valence-corrected chi connectivity index (χ2v) is 6.99. The van der Waals surface area contributed by atoms with Crippen molar-refractivity contribution in [2.45, 2.75) is 51.0 Å². The minimum absolute atomic E-state index is 0.306. The van der Waals surface area contributed by atoms with Gasteiger partial charge in [-0.05, 0) is 82.1 Å². The van der Waals surface area contributed by atoms with Gasteiger partial charge < -0.3 is 5.32 Å². The molecule has 94 valence electrons. The molecule has 0 aromatic rings. The van der Waals surface area contributed by atoms with Gasteiger partial charge in [-0.2, -0.15) is 5.26 Å². The van der Waals surface area contributed by atoms with E-state index < -0.39 is 0 Å². The molecule has 2 nitrogen and oxygen atoms in total. The van der Waals surface area contributed by atoms with Crippen molar-refractivity contribution < 1.29 is 0 Å². The first-order chi connectivity index (χ1) is 8.13. The summed E-state index contributed by atoms with van der Waals surface area (Å²) >= 11 is 0. The molecule has 1 atom stereocenters. The highest BCUT2D eigenvalue weighted by atomic mass is 14.9. The normalized spacial score (nSPS) is 46.5. The molecular weight excluding hydrogens is 208 g/mol. The molecule has 0 spiro atoms. The van der Waals surface area contributed by atoms with Gasteiger partial charge >= 0.3 is 0 Å². The van der Waals surface area contributed by atoms with E-state index >= 15 is 0 Å². The Labute approximate surface area is 105 Å².